The van der Waals surface area contributed by atoms with E-state index < -0.39 is 17.9 Å². The van der Waals surface area contributed by atoms with Crippen molar-refractivity contribution in [3.63, 3.8) is 0 Å². The molecule has 0 radical (unpaired) electrons. The molecule has 4 rings (SSSR count). The van der Waals surface area contributed by atoms with E-state index in [-0.39, 0.29) is 11.4 Å². The molecule has 8 nitrogen and oxygen atoms in total. The molecule has 0 unspecified atom stereocenters. The van der Waals surface area contributed by atoms with Crippen LogP contribution in [0, 0.1) is 0 Å². The number of benzene rings is 1. The lowest BCUT2D eigenvalue weighted by molar-refractivity contribution is -0.144. The van der Waals surface area contributed by atoms with Crippen LogP contribution >= 0.6 is 0 Å². The first kappa shape index (κ1) is 18.3. The van der Waals surface area contributed by atoms with E-state index >= 15 is 0 Å². The Labute approximate surface area is 161 Å². The first-order valence-corrected chi connectivity index (χ1v) is 8.21. The first-order valence-electron chi connectivity index (χ1n) is 8.21. The number of halogens is 3. The zero-order valence-electron chi connectivity index (χ0n) is 14.5. The smallest absolute Gasteiger partial charge is 0.397 e. The summed E-state index contributed by atoms with van der Waals surface area (Å²) in [6, 6.07) is 7.06. The first-order chi connectivity index (χ1) is 13.8. The Balaban J connectivity index is 1.63. The number of anilines is 2. The molecule has 0 saturated carbocycles. The number of carbonyl (C=O) groups excluding carboxylic acids is 1. The van der Waals surface area contributed by atoms with E-state index in [0.717, 1.165) is 23.5 Å². The lowest BCUT2D eigenvalue weighted by Gasteiger charge is -2.06. The van der Waals surface area contributed by atoms with Crippen LogP contribution in [0.15, 0.2) is 49.1 Å². The van der Waals surface area contributed by atoms with E-state index in [4.69, 9.17) is 5.73 Å². The van der Waals surface area contributed by atoms with E-state index in [2.05, 4.69) is 30.5 Å². The summed E-state index contributed by atoms with van der Waals surface area (Å²) in [6.45, 7) is 0. The van der Waals surface area contributed by atoms with Crippen LogP contribution < -0.4 is 11.1 Å². The van der Waals surface area contributed by atoms with Crippen molar-refractivity contribution >= 4 is 28.2 Å². The number of aromatic nitrogens is 5. The topological polar surface area (TPSA) is 122 Å². The number of fused-ring (bicyclic) bond motifs is 1. The average molecular weight is 399 g/mol. The van der Waals surface area contributed by atoms with Gasteiger partial charge in [-0.3, -0.25) is 14.9 Å². The fourth-order valence-electron chi connectivity index (χ4n) is 2.71. The molecule has 0 aliphatic heterocycles. The number of amides is 1. The number of nitrogens with two attached hydrogens (primary N) is 1. The zero-order chi connectivity index (χ0) is 20.6. The molecular weight excluding hydrogens is 387 g/mol. The van der Waals surface area contributed by atoms with E-state index in [9.17, 15) is 18.0 Å². The predicted octanol–water partition coefficient (Wildman–Crippen LogP) is 3.27. The van der Waals surface area contributed by atoms with Gasteiger partial charge in [0.05, 0.1) is 29.3 Å². The molecule has 11 heteroatoms. The lowest BCUT2D eigenvalue weighted by atomic mass is 10.0. The second-order valence-electron chi connectivity index (χ2n) is 6.09. The molecule has 4 aromatic rings. The second kappa shape index (κ2) is 6.86. The van der Waals surface area contributed by atoms with Crippen LogP contribution in [0.2, 0.25) is 0 Å². The SMILES string of the molecule is Nc1cncc(-c2ccc3[nH]nc(C(=O)Nc4cnc(C(F)(F)F)nc4)c3c2)c1. The third-order valence-electron chi connectivity index (χ3n) is 4.03. The van der Waals surface area contributed by atoms with Gasteiger partial charge in [0.25, 0.3) is 5.91 Å². The molecule has 3 heterocycles. The minimum absolute atomic E-state index is 0.00957. The van der Waals surface area contributed by atoms with Crippen molar-refractivity contribution in [1.29, 1.82) is 0 Å². The Morgan fingerprint density at radius 3 is 2.48 bits per heavy atom. The van der Waals surface area contributed by atoms with Crippen LogP contribution in [0.25, 0.3) is 22.0 Å². The van der Waals surface area contributed by atoms with E-state index in [1.54, 1.807) is 24.4 Å². The zero-order valence-corrected chi connectivity index (χ0v) is 14.5. The molecule has 3 aromatic heterocycles. The Morgan fingerprint density at radius 1 is 1.03 bits per heavy atom. The van der Waals surface area contributed by atoms with Crippen LogP contribution in [0.5, 0.6) is 0 Å². The van der Waals surface area contributed by atoms with Crippen LogP contribution in [0.3, 0.4) is 0 Å². The third-order valence-corrected chi connectivity index (χ3v) is 4.03. The molecule has 0 aliphatic rings. The predicted molar refractivity (Wildman–Crippen MR) is 98.7 cm³/mol. The molecule has 4 N–H and O–H groups in total. The van der Waals surface area contributed by atoms with Crippen molar-refractivity contribution in [3.05, 3.63) is 60.6 Å². The number of hydrogen-bond acceptors (Lipinski definition) is 6. The van der Waals surface area contributed by atoms with Crippen molar-refractivity contribution in [1.82, 2.24) is 25.1 Å². The fourth-order valence-corrected chi connectivity index (χ4v) is 2.71. The Morgan fingerprint density at radius 2 is 1.79 bits per heavy atom. The minimum Gasteiger partial charge on any atom is -0.397 e. The number of nitrogens with one attached hydrogen (secondary N) is 2. The summed E-state index contributed by atoms with van der Waals surface area (Å²) in [4.78, 5) is 23.0. The van der Waals surface area contributed by atoms with Crippen LogP contribution in [-0.2, 0) is 6.18 Å². The van der Waals surface area contributed by atoms with Gasteiger partial charge in [0.1, 0.15) is 0 Å². The van der Waals surface area contributed by atoms with Gasteiger partial charge < -0.3 is 11.1 Å². The molecule has 0 fully saturated rings. The summed E-state index contributed by atoms with van der Waals surface area (Å²) in [6.07, 6.45) is 0.258. The summed E-state index contributed by atoms with van der Waals surface area (Å²) >= 11 is 0. The fraction of sp³-hybridized carbons (Fsp3) is 0.0556. The van der Waals surface area contributed by atoms with Gasteiger partial charge >= 0.3 is 6.18 Å². The highest BCUT2D eigenvalue weighted by atomic mass is 19.4. The molecule has 1 amide bonds. The summed E-state index contributed by atoms with van der Waals surface area (Å²) in [5.41, 5.74) is 8.48. The van der Waals surface area contributed by atoms with Crippen molar-refractivity contribution in [2.45, 2.75) is 6.18 Å². The van der Waals surface area contributed by atoms with Gasteiger partial charge in [0.2, 0.25) is 5.82 Å². The number of aromatic amines is 1. The Kier molecular flexibility index (Phi) is 4.34. The Hall–Kier alpha value is -4.02. The number of carbonyl (C=O) groups is 1. The van der Waals surface area contributed by atoms with E-state index in [0.29, 0.717) is 16.6 Å². The highest BCUT2D eigenvalue weighted by Crippen LogP contribution is 2.27. The van der Waals surface area contributed by atoms with Crippen LogP contribution in [0.1, 0.15) is 16.3 Å². The maximum absolute atomic E-state index is 12.6. The normalized spacial score (nSPS) is 11.6. The molecule has 0 atom stereocenters. The minimum atomic E-state index is -4.66. The number of nitrogen functional groups attached to an aromatic ring is 1. The summed E-state index contributed by atoms with van der Waals surface area (Å²) in [5.74, 6) is -1.91. The van der Waals surface area contributed by atoms with Gasteiger partial charge in [0.15, 0.2) is 5.69 Å². The number of pyridine rings is 1. The van der Waals surface area contributed by atoms with Gasteiger partial charge in [-0.15, -0.1) is 0 Å². The standard InChI is InChI=1S/C18H12F3N7O/c19-18(20,21)17-24-7-12(8-25-17)26-16(29)15-13-4-9(1-2-14(13)27-28-15)10-3-11(22)6-23-5-10/h1-8H,22H2,(H,26,29)(H,27,28). The number of nitrogens with zero attached hydrogens (tertiary/aromatic N) is 4. The van der Waals surface area contributed by atoms with Gasteiger partial charge in [-0.25, -0.2) is 9.97 Å². The molecule has 1 aromatic carbocycles. The maximum atomic E-state index is 12.6. The number of rotatable bonds is 3. The van der Waals surface area contributed by atoms with Crippen molar-refractivity contribution < 1.29 is 18.0 Å². The van der Waals surface area contributed by atoms with Crippen LogP contribution in [-0.4, -0.2) is 31.1 Å². The van der Waals surface area contributed by atoms with Crippen molar-refractivity contribution in [3.8, 4) is 11.1 Å². The molecule has 29 heavy (non-hydrogen) atoms. The van der Waals surface area contributed by atoms with Crippen LogP contribution in [0.4, 0.5) is 24.5 Å². The Bertz CT molecular complexity index is 1200. The summed E-state index contributed by atoms with van der Waals surface area (Å²) < 4.78 is 37.6. The van der Waals surface area contributed by atoms with E-state index in [1.807, 2.05) is 6.07 Å². The molecular formula is C18H12F3N7O. The second-order valence-corrected chi connectivity index (χ2v) is 6.09. The molecule has 0 bridgehead atoms. The third kappa shape index (κ3) is 3.70. The van der Waals surface area contributed by atoms with Gasteiger partial charge in [-0.2, -0.15) is 18.3 Å². The number of hydrogen-bond donors (Lipinski definition) is 3. The quantitative estimate of drug-likeness (QED) is 0.486. The van der Waals surface area contributed by atoms with Gasteiger partial charge in [0, 0.05) is 23.3 Å². The van der Waals surface area contributed by atoms with Crippen molar-refractivity contribution in [2.75, 3.05) is 11.1 Å². The summed E-state index contributed by atoms with van der Waals surface area (Å²) in [7, 11) is 0. The van der Waals surface area contributed by atoms with Gasteiger partial charge in [-0.1, -0.05) is 6.07 Å². The molecule has 146 valence electrons. The average Bonchev–Trinajstić information content (AvgIpc) is 3.11. The molecule has 0 saturated heterocycles. The maximum Gasteiger partial charge on any atom is 0.451 e. The lowest BCUT2D eigenvalue weighted by Crippen LogP contribution is -2.15. The molecule has 0 spiro atoms. The number of H-pyrrole nitrogens is 1. The van der Waals surface area contributed by atoms with Gasteiger partial charge in [-0.05, 0) is 23.8 Å². The summed E-state index contributed by atoms with van der Waals surface area (Å²) in [5, 5.41) is 9.71. The number of alkyl halides is 3. The highest BCUT2D eigenvalue weighted by molar-refractivity contribution is 6.11. The molecule has 0 aliphatic carbocycles. The highest BCUT2D eigenvalue weighted by Gasteiger charge is 2.34. The monoisotopic (exact) mass is 399 g/mol. The van der Waals surface area contributed by atoms with E-state index in [1.165, 1.54) is 6.20 Å². The largest absolute Gasteiger partial charge is 0.451 e. The van der Waals surface area contributed by atoms with Crippen molar-refractivity contribution in [2.24, 2.45) is 0 Å².